The third-order valence-corrected chi connectivity index (χ3v) is 3.79. The first-order chi connectivity index (χ1) is 8.98. The van der Waals surface area contributed by atoms with Crippen LogP contribution in [0.5, 0.6) is 0 Å². The average molecular weight is 303 g/mol. The van der Waals surface area contributed by atoms with Gasteiger partial charge in [0.05, 0.1) is 0 Å². The summed E-state index contributed by atoms with van der Waals surface area (Å²) in [5.41, 5.74) is 0.523. The summed E-state index contributed by atoms with van der Waals surface area (Å²) in [5.74, 6) is -0.182. The van der Waals surface area contributed by atoms with Gasteiger partial charge in [0.25, 0.3) is 5.91 Å². The van der Waals surface area contributed by atoms with Crippen LogP contribution in [-0.2, 0) is 4.74 Å². The van der Waals surface area contributed by atoms with Crippen molar-refractivity contribution in [3.63, 3.8) is 0 Å². The van der Waals surface area contributed by atoms with Crippen LogP contribution in [0.1, 0.15) is 30.1 Å². The fourth-order valence-electron chi connectivity index (χ4n) is 2.03. The van der Waals surface area contributed by atoms with Gasteiger partial charge in [-0.15, -0.1) is 0 Å². The molecule has 0 unspecified atom stereocenters. The molecule has 1 saturated heterocycles. The highest BCUT2D eigenvalue weighted by Crippen LogP contribution is 2.28. The van der Waals surface area contributed by atoms with E-state index in [1.165, 1.54) is 12.1 Å². The van der Waals surface area contributed by atoms with Gasteiger partial charge in [0, 0.05) is 25.3 Å². The molecule has 1 amide bonds. The standard InChI is InChI=1S/C13H16Cl2N2O2/c1-13(2-4-19-5-3-13)8-16-12(18)9-6-10(14)17-11(15)7-9/h6-7H,2-5,8H2,1H3,(H,16,18). The Morgan fingerprint density at radius 1 is 1.37 bits per heavy atom. The summed E-state index contributed by atoms with van der Waals surface area (Å²) < 4.78 is 5.33. The van der Waals surface area contributed by atoms with Gasteiger partial charge in [-0.3, -0.25) is 4.79 Å². The second kappa shape index (κ2) is 6.07. The molecular weight excluding hydrogens is 287 g/mol. The zero-order valence-corrected chi connectivity index (χ0v) is 12.2. The first-order valence-corrected chi connectivity index (χ1v) is 6.93. The Morgan fingerprint density at radius 3 is 2.53 bits per heavy atom. The van der Waals surface area contributed by atoms with Crippen molar-refractivity contribution < 1.29 is 9.53 Å². The molecule has 0 spiro atoms. The van der Waals surface area contributed by atoms with Crippen molar-refractivity contribution in [2.24, 2.45) is 5.41 Å². The van der Waals surface area contributed by atoms with Gasteiger partial charge in [-0.25, -0.2) is 4.98 Å². The number of halogens is 2. The van der Waals surface area contributed by atoms with E-state index in [-0.39, 0.29) is 21.6 Å². The number of aromatic nitrogens is 1. The number of hydrogen-bond acceptors (Lipinski definition) is 3. The van der Waals surface area contributed by atoms with Crippen LogP contribution in [0.15, 0.2) is 12.1 Å². The number of hydrogen-bond donors (Lipinski definition) is 1. The summed E-state index contributed by atoms with van der Waals surface area (Å²) in [6, 6.07) is 3.02. The highest BCUT2D eigenvalue weighted by molar-refractivity contribution is 6.33. The monoisotopic (exact) mass is 302 g/mol. The van der Waals surface area contributed by atoms with Crippen LogP contribution in [0.4, 0.5) is 0 Å². The minimum absolute atomic E-state index is 0.0918. The molecule has 1 fully saturated rings. The van der Waals surface area contributed by atoms with Gasteiger partial charge in [-0.1, -0.05) is 30.1 Å². The number of carbonyl (C=O) groups is 1. The fourth-order valence-corrected chi connectivity index (χ4v) is 2.49. The quantitative estimate of drug-likeness (QED) is 0.874. The molecule has 1 aliphatic rings. The van der Waals surface area contributed by atoms with E-state index in [0.717, 1.165) is 26.1 Å². The van der Waals surface area contributed by atoms with Crippen LogP contribution in [0.25, 0.3) is 0 Å². The molecule has 0 aromatic carbocycles. The van der Waals surface area contributed by atoms with E-state index in [2.05, 4.69) is 17.2 Å². The molecule has 1 aromatic heterocycles. The predicted octanol–water partition coefficient (Wildman–Crippen LogP) is 2.93. The molecule has 0 saturated carbocycles. The molecule has 4 nitrogen and oxygen atoms in total. The highest BCUT2D eigenvalue weighted by atomic mass is 35.5. The Bertz CT molecular complexity index is 453. The number of pyridine rings is 1. The second-order valence-electron chi connectivity index (χ2n) is 5.11. The third-order valence-electron chi connectivity index (χ3n) is 3.40. The lowest BCUT2D eigenvalue weighted by Gasteiger charge is -2.33. The van der Waals surface area contributed by atoms with Crippen molar-refractivity contribution in [2.75, 3.05) is 19.8 Å². The van der Waals surface area contributed by atoms with Crippen molar-refractivity contribution in [1.82, 2.24) is 10.3 Å². The van der Waals surface area contributed by atoms with Crippen LogP contribution in [0.2, 0.25) is 10.3 Å². The summed E-state index contributed by atoms with van der Waals surface area (Å²) in [6.45, 7) is 4.27. The van der Waals surface area contributed by atoms with Gasteiger partial charge in [-0.05, 0) is 30.4 Å². The lowest BCUT2D eigenvalue weighted by atomic mass is 9.82. The Morgan fingerprint density at radius 2 is 1.95 bits per heavy atom. The number of nitrogens with zero attached hydrogens (tertiary/aromatic N) is 1. The minimum atomic E-state index is -0.182. The molecule has 6 heteroatoms. The van der Waals surface area contributed by atoms with Crippen LogP contribution in [0, 0.1) is 5.41 Å². The van der Waals surface area contributed by atoms with E-state index in [9.17, 15) is 4.79 Å². The first kappa shape index (κ1) is 14.6. The van der Waals surface area contributed by atoms with E-state index < -0.39 is 0 Å². The van der Waals surface area contributed by atoms with Crippen LogP contribution in [-0.4, -0.2) is 30.6 Å². The minimum Gasteiger partial charge on any atom is -0.381 e. The molecule has 2 rings (SSSR count). The molecule has 0 bridgehead atoms. The number of rotatable bonds is 3. The van der Waals surface area contributed by atoms with Crippen molar-refractivity contribution in [3.05, 3.63) is 28.0 Å². The number of nitrogens with one attached hydrogen (secondary N) is 1. The smallest absolute Gasteiger partial charge is 0.251 e. The van der Waals surface area contributed by atoms with E-state index in [1.807, 2.05) is 0 Å². The van der Waals surface area contributed by atoms with Gasteiger partial charge in [0.1, 0.15) is 10.3 Å². The van der Waals surface area contributed by atoms with E-state index in [4.69, 9.17) is 27.9 Å². The van der Waals surface area contributed by atoms with Gasteiger partial charge < -0.3 is 10.1 Å². The fraction of sp³-hybridized carbons (Fsp3) is 0.538. The lowest BCUT2D eigenvalue weighted by molar-refractivity contribution is 0.0238. The van der Waals surface area contributed by atoms with E-state index >= 15 is 0 Å². The summed E-state index contributed by atoms with van der Waals surface area (Å²) in [6.07, 6.45) is 1.90. The molecule has 19 heavy (non-hydrogen) atoms. The maximum absolute atomic E-state index is 12.0. The van der Waals surface area contributed by atoms with Gasteiger partial charge >= 0.3 is 0 Å². The number of ether oxygens (including phenoxy) is 1. The number of amides is 1. The maximum Gasteiger partial charge on any atom is 0.251 e. The molecule has 0 aliphatic carbocycles. The summed E-state index contributed by atoms with van der Waals surface area (Å²) in [4.78, 5) is 15.9. The van der Waals surface area contributed by atoms with Gasteiger partial charge in [-0.2, -0.15) is 0 Å². The molecule has 2 heterocycles. The zero-order chi connectivity index (χ0) is 13.9. The summed E-state index contributed by atoms with van der Waals surface area (Å²) in [7, 11) is 0. The van der Waals surface area contributed by atoms with Crippen LogP contribution < -0.4 is 5.32 Å². The predicted molar refractivity (Wildman–Crippen MR) is 74.8 cm³/mol. The van der Waals surface area contributed by atoms with Gasteiger partial charge in [0.2, 0.25) is 0 Å². The first-order valence-electron chi connectivity index (χ1n) is 6.18. The Kier molecular flexibility index (Phi) is 4.66. The average Bonchev–Trinajstić information content (AvgIpc) is 2.36. The molecule has 0 atom stereocenters. The SMILES string of the molecule is CC1(CNC(=O)c2cc(Cl)nc(Cl)c2)CCOCC1. The molecule has 0 radical (unpaired) electrons. The molecule has 104 valence electrons. The maximum atomic E-state index is 12.0. The Hall–Kier alpha value is -0.840. The molecule has 1 N–H and O–H groups in total. The van der Waals surface area contributed by atoms with Crippen molar-refractivity contribution in [2.45, 2.75) is 19.8 Å². The zero-order valence-electron chi connectivity index (χ0n) is 10.7. The molecule has 1 aromatic rings. The van der Waals surface area contributed by atoms with Crippen molar-refractivity contribution in [1.29, 1.82) is 0 Å². The van der Waals surface area contributed by atoms with Crippen molar-refractivity contribution in [3.8, 4) is 0 Å². The topological polar surface area (TPSA) is 51.2 Å². The third kappa shape index (κ3) is 4.06. The van der Waals surface area contributed by atoms with Crippen LogP contribution in [0.3, 0.4) is 0 Å². The molecular formula is C13H16Cl2N2O2. The number of carbonyl (C=O) groups excluding carboxylic acids is 1. The van der Waals surface area contributed by atoms with E-state index in [0.29, 0.717) is 12.1 Å². The lowest BCUT2D eigenvalue weighted by Crippen LogP contribution is -2.39. The largest absolute Gasteiger partial charge is 0.381 e. The second-order valence-corrected chi connectivity index (χ2v) is 5.88. The summed E-state index contributed by atoms with van der Waals surface area (Å²) >= 11 is 11.6. The van der Waals surface area contributed by atoms with Crippen molar-refractivity contribution >= 4 is 29.1 Å². The Labute approximate surface area is 122 Å². The van der Waals surface area contributed by atoms with Crippen LogP contribution >= 0.6 is 23.2 Å². The Balaban J connectivity index is 1.97. The van der Waals surface area contributed by atoms with E-state index in [1.54, 1.807) is 0 Å². The highest BCUT2D eigenvalue weighted by Gasteiger charge is 2.27. The van der Waals surface area contributed by atoms with Gasteiger partial charge in [0.15, 0.2) is 0 Å². The normalized spacial score (nSPS) is 18.1. The molecule has 1 aliphatic heterocycles. The summed E-state index contributed by atoms with van der Waals surface area (Å²) in [5, 5.41) is 3.36.